The van der Waals surface area contributed by atoms with E-state index in [0.29, 0.717) is 18.0 Å². The summed E-state index contributed by atoms with van der Waals surface area (Å²) in [5.74, 6) is -0.0328. The van der Waals surface area contributed by atoms with Crippen LogP contribution in [0, 0.1) is 6.92 Å². The Morgan fingerprint density at radius 1 is 0.969 bits per heavy atom. The van der Waals surface area contributed by atoms with Crippen molar-refractivity contribution in [3.63, 3.8) is 0 Å². The number of amides is 1. The number of para-hydroxylation sites is 1. The van der Waals surface area contributed by atoms with E-state index in [2.05, 4.69) is 5.32 Å². The molecule has 0 radical (unpaired) electrons. The Morgan fingerprint density at radius 2 is 1.56 bits per heavy atom. The number of nitrogens with zero attached hydrogens (tertiary/aromatic N) is 1. The number of hydrogen-bond donors (Lipinski definition) is 1. The largest absolute Gasteiger partial charge is 0.494 e. The maximum atomic E-state index is 13.5. The van der Waals surface area contributed by atoms with Crippen molar-refractivity contribution in [3.05, 3.63) is 82.3 Å². The van der Waals surface area contributed by atoms with E-state index in [9.17, 15) is 13.2 Å². The molecule has 168 valence electrons. The van der Waals surface area contributed by atoms with Gasteiger partial charge in [-0.25, -0.2) is 8.42 Å². The van der Waals surface area contributed by atoms with Crippen LogP contribution < -0.4 is 14.4 Å². The Labute approximate surface area is 197 Å². The highest BCUT2D eigenvalue weighted by atomic mass is 35.5. The summed E-state index contributed by atoms with van der Waals surface area (Å²) < 4.78 is 33.4. The minimum absolute atomic E-state index is 0.0325. The fourth-order valence-electron chi connectivity index (χ4n) is 2.95. The molecule has 0 fully saturated rings. The van der Waals surface area contributed by atoms with E-state index in [4.69, 9.17) is 27.9 Å². The summed E-state index contributed by atoms with van der Waals surface area (Å²) in [4.78, 5) is 12.9. The van der Waals surface area contributed by atoms with Crippen LogP contribution in [0.4, 0.5) is 11.4 Å². The van der Waals surface area contributed by atoms with E-state index in [-0.39, 0.29) is 20.6 Å². The predicted octanol–water partition coefficient (Wildman–Crippen LogP) is 5.53. The fraction of sp³-hybridized carbons (Fsp3) is 0.174. The zero-order chi connectivity index (χ0) is 23.3. The van der Waals surface area contributed by atoms with Crippen LogP contribution in [0.25, 0.3) is 0 Å². The van der Waals surface area contributed by atoms with Gasteiger partial charge in [0.1, 0.15) is 12.3 Å². The lowest BCUT2D eigenvalue weighted by atomic mass is 10.2. The summed E-state index contributed by atoms with van der Waals surface area (Å²) >= 11 is 12.3. The first-order valence-corrected chi connectivity index (χ1v) is 12.0. The van der Waals surface area contributed by atoms with Crippen LogP contribution in [0.5, 0.6) is 5.75 Å². The van der Waals surface area contributed by atoms with Gasteiger partial charge in [0.15, 0.2) is 0 Å². The maximum absolute atomic E-state index is 13.5. The van der Waals surface area contributed by atoms with E-state index in [0.717, 1.165) is 9.87 Å². The number of hydrogen-bond acceptors (Lipinski definition) is 4. The number of ether oxygens (including phenoxy) is 1. The highest BCUT2D eigenvalue weighted by Gasteiger charge is 2.27. The number of aryl methyl sites for hydroxylation is 1. The number of carbonyl (C=O) groups excluding carboxylic acids is 1. The summed E-state index contributed by atoms with van der Waals surface area (Å²) in [6.45, 7) is 3.72. The van der Waals surface area contributed by atoms with Gasteiger partial charge in [0.25, 0.3) is 10.0 Å². The van der Waals surface area contributed by atoms with Crippen molar-refractivity contribution in [3.8, 4) is 5.75 Å². The van der Waals surface area contributed by atoms with E-state index < -0.39 is 22.5 Å². The van der Waals surface area contributed by atoms with E-state index in [1.54, 1.807) is 54.6 Å². The van der Waals surface area contributed by atoms with Crippen molar-refractivity contribution in [1.82, 2.24) is 0 Å². The third-order valence-electron chi connectivity index (χ3n) is 4.56. The average molecular weight is 493 g/mol. The predicted molar refractivity (Wildman–Crippen MR) is 128 cm³/mol. The van der Waals surface area contributed by atoms with E-state index >= 15 is 0 Å². The molecule has 1 amide bonds. The van der Waals surface area contributed by atoms with Gasteiger partial charge in [0, 0.05) is 0 Å². The fourth-order valence-corrected chi connectivity index (χ4v) is 4.87. The van der Waals surface area contributed by atoms with Crippen molar-refractivity contribution in [1.29, 1.82) is 0 Å². The van der Waals surface area contributed by atoms with Gasteiger partial charge in [0.05, 0.1) is 32.9 Å². The van der Waals surface area contributed by atoms with Crippen molar-refractivity contribution < 1.29 is 17.9 Å². The molecule has 9 heteroatoms. The van der Waals surface area contributed by atoms with Gasteiger partial charge >= 0.3 is 0 Å². The molecule has 3 aromatic carbocycles. The van der Waals surface area contributed by atoms with E-state index in [1.165, 1.54) is 12.1 Å². The number of halogens is 2. The molecular weight excluding hydrogens is 471 g/mol. The van der Waals surface area contributed by atoms with Gasteiger partial charge in [-0.15, -0.1) is 0 Å². The molecule has 0 aliphatic rings. The minimum atomic E-state index is -4.06. The number of anilines is 2. The van der Waals surface area contributed by atoms with Crippen LogP contribution >= 0.6 is 23.2 Å². The molecule has 0 heterocycles. The third kappa shape index (κ3) is 5.54. The van der Waals surface area contributed by atoms with Gasteiger partial charge in [-0.2, -0.15) is 0 Å². The lowest BCUT2D eigenvalue weighted by Gasteiger charge is -2.24. The molecule has 0 unspecified atom stereocenters. The van der Waals surface area contributed by atoms with Crippen LogP contribution in [-0.4, -0.2) is 27.5 Å². The molecule has 0 aromatic heterocycles. The highest BCUT2D eigenvalue weighted by Crippen LogP contribution is 2.30. The second-order valence-electron chi connectivity index (χ2n) is 6.90. The second-order valence-corrected chi connectivity index (χ2v) is 9.57. The molecule has 0 atom stereocenters. The molecule has 32 heavy (non-hydrogen) atoms. The molecule has 3 aromatic rings. The lowest BCUT2D eigenvalue weighted by molar-refractivity contribution is -0.114. The molecular formula is C23H22Cl2N2O4S. The Hall–Kier alpha value is -2.74. The van der Waals surface area contributed by atoms with Crippen LogP contribution in [0.2, 0.25) is 10.0 Å². The lowest BCUT2D eigenvalue weighted by Crippen LogP contribution is -2.38. The van der Waals surface area contributed by atoms with Crippen molar-refractivity contribution in [2.75, 3.05) is 22.8 Å². The SMILES string of the molecule is CCOc1ccc(S(=O)(=O)N(CC(=O)Nc2c(Cl)cccc2Cl)c2ccc(C)cc2)cc1. The maximum Gasteiger partial charge on any atom is 0.264 e. The third-order valence-corrected chi connectivity index (χ3v) is 6.98. The van der Waals surface area contributed by atoms with Gasteiger partial charge in [-0.3, -0.25) is 9.10 Å². The topological polar surface area (TPSA) is 75.7 Å². The van der Waals surface area contributed by atoms with Crippen LogP contribution in [0.1, 0.15) is 12.5 Å². The summed E-state index contributed by atoms with van der Waals surface area (Å²) in [5.41, 5.74) is 1.53. The number of nitrogens with one attached hydrogen (secondary N) is 1. The molecule has 0 spiro atoms. The van der Waals surface area contributed by atoms with Crippen molar-refractivity contribution >= 4 is 50.5 Å². The normalized spacial score (nSPS) is 11.1. The van der Waals surface area contributed by atoms with Crippen molar-refractivity contribution in [2.24, 2.45) is 0 Å². The molecule has 3 rings (SSSR count). The molecule has 0 saturated carbocycles. The van der Waals surface area contributed by atoms with Gasteiger partial charge in [-0.1, -0.05) is 47.0 Å². The first kappa shape index (κ1) is 23.9. The number of sulfonamides is 1. The zero-order valence-corrected chi connectivity index (χ0v) is 19.8. The second kappa shape index (κ2) is 10.3. The Balaban J connectivity index is 1.95. The summed E-state index contributed by atoms with van der Waals surface area (Å²) in [5, 5.41) is 3.11. The Kier molecular flexibility index (Phi) is 7.66. The van der Waals surface area contributed by atoms with E-state index in [1.807, 2.05) is 13.8 Å². The monoisotopic (exact) mass is 492 g/mol. The highest BCUT2D eigenvalue weighted by molar-refractivity contribution is 7.92. The smallest absolute Gasteiger partial charge is 0.264 e. The Bertz CT molecular complexity index is 1180. The zero-order valence-electron chi connectivity index (χ0n) is 17.5. The van der Waals surface area contributed by atoms with Gasteiger partial charge in [0.2, 0.25) is 5.91 Å². The van der Waals surface area contributed by atoms with Crippen molar-refractivity contribution in [2.45, 2.75) is 18.7 Å². The average Bonchev–Trinajstić information content (AvgIpc) is 2.76. The Morgan fingerprint density at radius 3 is 2.12 bits per heavy atom. The number of rotatable bonds is 8. The van der Waals surface area contributed by atoms with Gasteiger partial charge < -0.3 is 10.1 Å². The first-order chi connectivity index (χ1) is 15.2. The molecule has 6 nitrogen and oxygen atoms in total. The molecule has 0 bridgehead atoms. The minimum Gasteiger partial charge on any atom is -0.494 e. The number of benzene rings is 3. The first-order valence-electron chi connectivity index (χ1n) is 9.78. The molecule has 0 aliphatic heterocycles. The summed E-state index contributed by atoms with van der Waals surface area (Å²) in [6.07, 6.45) is 0. The quantitative estimate of drug-likeness (QED) is 0.448. The molecule has 1 N–H and O–H groups in total. The molecule has 0 aliphatic carbocycles. The standard InChI is InChI=1S/C23H22Cl2N2O4S/c1-3-31-18-11-13-19(14-12-18)32(29,30)27(17-9-7-16(2)8-10-17)15-22(28)26-23-20(24)5-4-6-21(23)25/h4-14H,3,15H2,1-2H3,(H,26,28). The summed E-state index contributed by atoms with van der Waals surface area (Å²) in [6, 6.07) is 17.7. The number of carbonyl (C=O) groups is 1. The van der Waals surface area contributed by atoms with Gasteiger partial charge in [-0.05, 0) is 62.4 Å². The molecule has 0 saturated heterocycles. The summed E-state index contributed by atoms with van der Waals surface area (Å²) in [7, 11) is -4.06. The van der Waals surface area contributed by atoms with Crippen LogP contribution in [-0.2, 0) is 14.8 Å². The van der Waals surface area contributed by atoms with Crippen LogP contribution in [0.15, 0.2) is 71.6 Å². The van der Waals surface area contributed by atoms with Crippen LogP contribution in [0.3, 0.4) is 0 Å².